The first-order valence-corrected chi connectivity index (χ1v) is 2.25. The molecule has 5 heteroatoms. The summed E-state index contributed by atoms with van der Waals surface area (Å²) in [5.74, 6) is -0.581. The number of rotatable bonds is 1. The van der Waals surface area contributed by atoms with Crippen molar-refractivity contribution in [1.82, 2.24) is 5.59 Å². The van der Waals surface area contributed by atoms with Gasteiger partial charge in [-0.25, -0.2) is 0 Å². The molecule has 0 aromatic rings. The number of carbonyl (C=O) groups is 1. The molecule has 0 aromatic carbocycles. The molecule has 0 saturated heterocycles. The number of hydrogen-bond acceptors (Lipinski definition) is 4. The number of hydrazone groups is 1. The summed E-state index contributed by atoms with van der Waals surface area (Å²) in [6.45, 7) is 0. The van der Waals surface area contributed by atoms with Crippen LogP contribution in [-0.2, 0) is 9.63 Å². The molecule has 0 unspecified atom stereocenters. The fourth-order valence-electron chi connectivity index (χ4n) is 0.379. The molecule has 0 atom stereocenters. The van der Waals surface area contributed by atoms with Crippen LogP contribution in [0.3, 0.4) is 0 Å². The van der Waals surface area contributed by atoms with Crippen molar-refractivity contribution < 1.29 is 9.63 Å². The summed E-state index contributed by atoms with van der Waals surface area (Å²) in [5, 5.41) is 3.41. The zero-order chi connectivity index (χ0) is 6.69. The first-order valence-electron chi connectivity index (χ1n) is 2.25. The van der Waals surface area contributed by atoms with Crippen LogP contribution in [0.25, 0.3) is 0 Å². The van der Waals surface area contributed by atoms with E-state index in [0.29, 0.717) is 0 Å². The molecular weight excluding hydrogens is 122 g/mol. The maximum atomic E-state index is 10.3. The van der Waals surface area contributed by atoms with Crippen LogP contribution >= 0.6 is 0 Å². The Morgan fingerprint density at radius 3 is 3.00 bits per heavy atom. The summed E-state index contributed by atoms with van der Waals surface area (Å²) in [7, 11) is 0. The highest BCUT2D eigenvalue weighted by Crippen LogP contribution is 1.86. The first kappa shape index (κ1) is 5.61. The molecule has 1 aliphatic rings. The van der Waals surface area contributed by atoms with Gasteiger partial charge in [0.25, 0.3) is 5.91 Å². The van der Waals surface area contributed by atoms with Crippen molar-refractivity contribution in [2.24, 2.45) is 10.8 Å². The van der Waals surface area contributed by atoms with Gasteiger partial charge in [0.05, 0.1) is 0 Å². The van der Waals surface area contributed by atoms with Crippen molar-refractivity contribution >= 4 is 11.6 Å². The van der Waals surface area contributed by atoms with E-state index in [-0.39, 0.29) is 5.71 Å². The molecular formula is C4H5N3O2. The summed E-state index contributed by atoms with van der Waals surface area (Å²) >= 11 is 0. The zero-order valence-corrected chi connectivity index (χ0v) is 4.50. The summed E-state index contributed by atoms with van der Waals surface area (Å²) in [6.07, 6.45) is 2.66. The van der Waals surface area contributed by atoms with Gasteiger partial charge in [0.15, 0.2) is 5.71 Å². The molecule has 5 nitrogen and oxygen atoms in total. The maximum absolute atomic E-state index is 10.3. The number of nitrogens with one attached hydrogen (secondary N) is 1. The highest BCUT2D eigenvalue weighted by molar-refractivity contribution is 6.42. The Hall–Kier alpha value is -1.52. The minimum Gasteiger partial charge on any atom is -0.373 e. The van der Waals surface area contributed by atoms with Crippen LogP contribution in [0.2, 0.25) is 0 Å². The molecule has 0 radical (unpaired) electrons. The van der Waals surface area contributed by atoms with Gasteiger partial charge in [-0.2, -0.15) is 0 Å². The lowest BCUT2D eigenvalue weighted by atomic mass is 10.3. The van der Waals surface area contributed by atoms with Crippen LogP contribution in [0.15, 0.2) is 17.4 Å². The van der Waals surface area contributed by atoms with E-state index < -0.39 is 5.91 Å². The third-order valence-electron chi connectivity index (χ3n) is 0.765. The molecule has 0 fully saturated rings. The second-order valence-corrected chi connectivity index (χ2v) is 1.37. The lowest BCUT2D eigenvalue weighted by Crippen LogP contribution is -2.26. The molecule has 1 heterocycles. The van der Waals surface area contributed by atoms with Gasteiger partial charge in [0, 0.05) is 6.08 Å². The molecule has 0 bridgehead atoms. The average molecular weight is 127 g/mol. The van der Waals surface area contributed by atoms with Crippen molar-refractivity contribution in [2.45, 2.75) is 0 Å². The van der Waals surface area contributed by atoms with Crippen LogP contribution in [0.1, 0.15) is 0 Å². The fraction of sp³-hybridized carbons (Fsp3) is 0. The molecule has 9 heavy (non-hydrogen) atoms. The SMILES string of the molecule is NC(=O)C1=NNOC=C1. The second kappa shape index (κ2) is 2.17. The Kier molecular flexibility index (Phi) is 1.35. The molecule has 0 aromatic heterocycles. The normalized spacial score (nSPS) is 15.3. The average Bonchev–Trinajstić information content (AvgIpc) is 1.90. The van der Waals surface area contributed by atoms with E-state index in [1.165, 1.54) is 12.3 Å². The van der Waals surface area contributed by atoms with Crippen LogP contribution < -0.4 is 11.3 Å². The van der Waals surface area contributed by atoms with E-state index in [9.17, 15) is 4.79 Å². The number of hydrogen-bond donors (Lipinski definition) is 2. The molecule has 0 saturated carbocycles. The summed E-state index contributed by atoms with van der Waals surface area (Å²) < 4.78 is 0. The number of nitrogens with zero attached hydrogens (tertiary/aromatic N) is 1. The number of nitrogens with two attached hydrogens (primary N) is 1. The van der Waals surface area contributed by atoms with Gasteiger partial charge in [-0.05, 0) is 0 Å². The van der Waals surface area contributed by atoms with Gasteiger partial charge >= 0.3 is 0 Å². The Balaban J connectivity index is 2.69. The summed E-state index contributed by atoms with van der Waals surface area (Å²) in [5.41, 5.74) is 7.12. The maximum Gasteiger partial charge on any atom is 0.269 e. The molecule has 3 N–H and O–H groups in total. The Labute approximate surface area is 51.1 Å². The number of carbonyl (C=O) groups excluding carboxylic acids is 1. The van der Waals surface area contributed by atoms with Gasteiger partial charge in [0.1, 0.15) is 6.26 Å². The Morgan fingerprint density at radius 1 is 1.89 bits per heavy atom. The molecule has 1 amide bonds. The second-order valence-electron chi connectivity index (χ2n) is 1.37. The number of primary amides is 1. The van der Waals surface area contributed by atoms with Gasteiger partial charge < -0.3 is 10.6 Å². The van der Waals surface area contributed by atoms with Crippen LogP contribution in [0.4, 0.5) is 0 Å². The Bertz CT molecular complexity index is 184. The molecule has 0 aliphatic carbocycles. The van der Waals surface area contributed by atoms with Gasteiger partial charge in [-0.3, -0.25) is 4.79 Å². The van der Waals surface area contributed by atoms with E-state index in [2.05, 4.69) is 15.5 Å². The smallest absolute Gasteiger partial charge is 0.269 e. The summed E-state index contributed by atoms with van der Waals surface area (Å²) in [4.78, 5) is 14.7. The molecule has 0 spiro atoms. The van der Waals surface area contributed by atoms with Crippen molar-refractivity contribution in [2.75, 3.05) is 0 Å². The third-order valence-corrected chi connectivity index (χ3v) is 0.765. The standard InChI is InChI=1S/C4H5N3O2/c5-4(8)3-1-2-9-7-6-3/h1-2,7H,(H2,5,8). The highest BCUT2D eigenvalue weighted by Gasteiger charge is 2.04. The van der Waals surface area contributed by atoms with Crippen molar-refractivity contribution in [1.29, 1.82) is 0 Å². The van der Waals surface area contributed by atoms with Crippen molar-refractivity contribution in [3.8, 4) is 0 Å². The first-order chi connectivity index (χ1) is 4.30. The highest BCUT2D eigenvalue weighted by atomic mass is 16.7. The topological polar surface area (TPSA) is 76.7 Å². The largest absolute Gasteiger partial charge is 0.373 e. The molecule has 1 rings (SSSR count). The van der Waals surface area contributed by atoms with Crippen molar-refractivity contribution in [3.05, 3.63) is 12.3 Å². The van der Waals surface area contributed by atoms with Gasteiger partial charge in [0.2, 0.25) is 0 Å². The minimum atomic E-state index is -0.581. The van der Waals surface area contributed by atoms with E-state index in [1.807, 2.05) is 0 Å². The van der Waals surface area contributed by atoms with Gasteiger partial charge in [-0.15, -0.1) is 10.7 Å². The minimum absolute atomic E-state index is 0.154. The monoisotopic (exact) mass is 127 g/mol. The van der Waals surface area contributed by atoms with E-state index >= 15 is 0 Å². The predicted molar refractivity (Wildman–Crippen MR) is 30.0 cm³/mol. The predicted octanol–water partition coefficient (Wildman–Crippen LogP) is -1.12. The Morgan fingerprint density at radius 2 is 2.67 bits per heavy atom. The lowest BCUT2D eigenvalue weighted by Gasteiger charge is -2.02. The zero-order valence-electron chi connectivity index (χ0n) is 4.50. The molecule has 48 valence electrons. The van der Waals surface area contributed by atoms with Crippen LogP contribution in [-0.4, -0.2) is 11.6 Å². The van der Waals surface area contributed by atoms with E-state index in [1.54, 1.807) is 0 Å². The van der Waals surface area contributed by atoms with Gasteiger partial charge in [-0.1, -0.05) is 0 Å². The van der Waals surface area contributed by atoms with E-state index in [4.69, 9.17) is 5.73 Å². The number of amides is 1. The fourth-order valence-corrected chi connectivity index (χ4v) is 0.379. The molecule has 1 aliphatic heterocycles. The van der Waals surface area contributed by atoms with Crippen LogP contribution in [0.5, 0.6) is 0 Å². The van der Waals surface area contributed by atoms with E-state index in [0.717, 1.165) is 0 Å². The quantitative estimate of drug-likeness (QED) is 0.468. The lowest BCUT2D eigenvalue weighted by molar-refractivity contribution is -0.112. The van der Waals surface area contributed by atoms with Crippen molar-refractivity contribution in [3.63, 3.8) is 0 Å². The summed E-state index contributed by atoms with van der Waals surface area (Å²) in [6, 6.07) is 0. The third kappa shape index (κ3) is 1.18. The van der Waals surface area contributed by atoms with Crippen LogP contribution in [0, 0.1) is 0 Å².